The van der Waals surface area contributed by atoms with E-state index >= 15 is 0 Å². The summed E-state index contributed by atoms with van der Waals surface area (Å²) in [7, 11) is -3.24. The van der Waals surface area contributed by atoms with Crippen LogP contribution in [0.1, 0.15) is 44.1 Å². The third kappa shape index (κ3) is 4.11. The molecule has 0 bridgehead atoms. The Morgan fingerprint density at radius 3 is 2.43 bits per heavy atom. The molecule has 0 saturated carbocycles. The van der Waals surface area contributed by atoms with Crippen molar-refractivity contribution in [2.45, 2.75) is 39.8 Å². The Balaban J connectivity index is 2.11. The molecule has 2 heterocycles. The van der Waals surface area contributed by atoms with E-state index in [-0.39, 0.29) is 29.8 Å². The van der Waals surface area contributed by atoms with Crippen molar-refractivity contribution in [1.82, 2.24) is 19.4 Å². The lowest BCUT2D eigenvalue weighted by Crippen LogP contribution is -2.42. The molecule has 23 heavy (non-hydrogen) atoms. The molecule has 1 aromatic rings. The number of hydrogen-bond acceptors (Lipinski definition) is 4. The lowest BCUT2D eigenvalue weighted by molar-refractivity contribution is 0.0925. The van der Waals surface area contributed by atoms with E-state index in [0.29, 0.717) is 18.7 Å². The molecule has 1 aliphatic rings. The quantitative estimate of drug-likeness (QED) is 0.869. The summed E-state index contributed by atoms with van der Waals surface area (Å²) < 4.78 is 26.7. The smallest absolute Gasteiger partial charge is 0.254 e. The molecule has 0 aromatic carbocycles. The van der Waals surface area contributed by atoms with Crippen LogP contribution in [0.5, 0.6) is 0 Å². The number of nitrogens with one attached hydrogen (secondary N) is 1. The van der Waals surface area contributed by atoms with Gasteiger partial charge in [-0.2, -0.15) is 9.40 Å². The van der Waals surface area contributed by atoms with Crippen LogP contribution in [0, 0.1) is 11.8 Å². The van der Waals surface area contributed by atoms with Crippen LogP contribution in [0.4, 0.5) is 0 Å². The van der Waals surface area contributed by atoms with E-state index in [1.807, 2.05) is 27.7 Å². The molecule has 0 spiro atoms. The van der Waals surface area contributed by atoms with E-state index in [1.165, 1.54) is 10.6 Å². The van der Waals surface area contributed by atoms with Gasteiger partial charge in [0.05, 0.1) is 18.0 Å². The number of aromatic nitrogens is 2. The molecule has 7 nitrogen and oxygen atoms in total. The maximum Gasteiger partial charge on any atom is 0.254 e. The third-order valence-electron chi connectivity index (χ3n) is 4.37. The second-order valence-electron chi connectivity index (χ2n) is 6.87. The molecule has 8 heteroatoms. The Kier molecular flexibility index (Phi) is 5.15. The van der Waals surface area contributed by atoms with Crippen molar-refractivity contribution in [1.29, 1.82) is 0 Å². The highest BCUT2D eigenvalue weighted by Gasteiger charge is 2.39. The number of sulfonamides is 1. The van der Waals surface area contributed by atoms with Crippen LogP contribution < -0.4 is 5.32 Å². The first kappa shape index (κ1) is 17.9. The number of hydrogen-bond donors (Lipinski definition) is 1. The average Bonchev–Trinajstić information content (AvgIpc) is 3.04. The van der Waals surface area contributed by atoms with Crippen molar-refractivity contribution >= 4 is 15.9 Å². The second-order valence-corrected chi connectivity index (χ2v) is 8.85. The number of carbonyl (C=O) groups excluding carboxylic acids is 1. The lowest BCUT2D eigenvalue weighted by Gasteiger charge is -2.22. The molecule has 1 fully saturated rings. The number of carbonyl (C=O) groups is 1. The fourth-order valence-electron chi connectivity index (χ4n) is 2.88. The van der Waals surface area contributed by atoms with Gasteiger partial charge in [0, 0.05) is 31.4 Å². The van der Waals surface area contributed by atoms with E-state index in [9.17, 15) is 13.2 Å². The summed E-state index contributed by atoms with van der Waals surface area (Å²) in [5, 5.41) is 7.15. The fourth-order valence-corrected chi connectivity index (χ4v) is 3.75. The molecule has 0 radical (unpaired) electrons. The van der Waals surface area contributed by atoms with Crippen molar-refractivity contribution in [3.8, 4) is 0 Å². The minimum absolute atomic E-state index is 0.105. The van der Waals surface area contributed by atoms with Gasteiger partial charge in [0.1, 0.15) is 0 Å². The highest BCUT2D eigenvalue weighted by atomic mass is 32.2. The molecular weight excluding hydrogens is 316 g/mol. The van der Waals surface area contributed by atoms with Crippen LogP contribution in [0.3, 0.4) is 0 Å². The number of rotatable bonds is 5. The second kappa shape index (κ2) is 6.60. The normalized spacial score (nSPS) is 22.9. The number of nitrogens with zero attached hydrogens (tertiary/aromatic N) is 3. The van der Waals surface area contributed by atoms with Crippen LogP contribution in [-0.2, 0) is 10.0 Å². The molecular formula is C15H26N4O3S. The van der Waals surface area contributed by atoms with Gasteiger partial charge in [-0.1, -0.05) is 13.8 Å². The van der Waals surface area contributed by atoms with Crippen LogP contribution in [-0.4, -0.2) is 53.8 Å². The molecule has 2 rings (SSSR count). The molecule has 1 aliphatic heterocycles. The predicted octanol–water partition coefficient (Wildman–Crippen LogP) is 1.11. The number of amides is 1. The molecule has 0 unspecified atom stereocenters. The highest BCUT2D eigenvalue weighted by Crippen LogP contribution is 2.26. The first-order chi connectivity index (χ1) is 10.6. The molecule has 1 amide bonds. The van der Waals surface area contributed by atoms with Crippen molar-refractivity contribution in [2.75, 3.05) is 19.3 Å². The Hall–Kier alpha value is -1.41. The van der Waals surface area contributed by atoms with Crippen molar-refractivity contribution in [3.63, 3.8) is 0 Å². The van der Waals surface area contributed by atoms with Crippen LogP contribution >= 0.6 is 0 Å². The van der Waals surface area contributed by atoms with Gasteiger partial charge in [0.15, 0.2) is 0 Å². The summed E-state index contributed by atoms with van der Waals surface area (Å²) in [5.74, 6) is 0.183. The summed E-state index contributed by atoms with van der Waals surface area (Å²) >= 11 is 0. The molecule has 2 atom stereocenters. The fraction of sp³-hybridized carbons (Fsp3) is 0.733. The Labute approximate surface area is 138 Å². The summed E-state index contributed by atoms with van der Waals surface area (Å²) in [6.07, 6.45) is 4.47. The highest BCUT2D eigenvalue weighted by molar-refractivity contribution is 7.88. The molecule has 130 valence electrons. The zero-order valence-corrected chi connectivity index (χ0v) is 15.2. The van der Waals surface area contributed by atoms with Gasteiger partial charge in [-0.05, 0) is 25.7 Å². The zero-order valence-electron chi connectivity index (χ0n) is 14.4. The van der Waals surface area contributed by atoms with Gasteiger partial charge >= 0.3 is 0 Å². The van der Waals surface area contributed by atoms with E-state index < -0.39 is 10.0 Å². The van der Waals surface area contributed by atoms with Gasteiger partial charge in [-0.25, -0.2) is 8.42 Å². The summed E-state index contributed by atoms with van der Waals surface area (Å²) in [5.41, 5.74) is 0.499. The SMILES string of the molecule is CC(C)[C@H]1CN(S(C)(=O)=O)C[C@@H]1NC(=O)c1cnn(C(C)C)c1. The maximum absolute atomic E-state index is 12.4. The molecule has 1 aromatic heterocycles. The van der Waals surface area contributed by atoms with Crippen LogP contribution in [0.15, 0.2) is 12.4 Å². The van der Waals surface area contributed by atoms with Gasteiger partial charge in [0.25, 0.3) is 5.91 Å². The summed E-state index contributed by atoms with van der Waals surface area (Å²) in [6.45, 7) is 8.85. The zero-order chi connectivity index (χ0) is 17.4. The van der Waals surface area contributed by atoms with E-state index in [0.717, 1.165) is 0 Å². The first-order valence-corrected chi connectivity index (χ1v) is 9.74. The third-order valence-corrected chi connectivity index (χ3v) is 5.60. The Morgan fingerprint density at radius 1 is 1.30 bits per heavy atom. The summed E-state index contributed by atoms with van der Waals surface area (Å²) in [4.78, 5) is 12.4. The Bertz CT molecular complexity index is 666. The van der Waals surface area contributed by atoms with Crippen LogP contribution in [0.2, 0.25) is 0 Å². The first-order valence-electron chi connectivity index (χ1n) is 7.89. The monoisotopic (exact) mass is 342 g/mol. The van der Waals surface area contributed by atoms with Gasteiger partial charge < -0.3 is 5.32 Å². The minimum atomic E-state index is -3.24. The van der Waals surface area contributed by atoms with Crippen molar-refractivity contribution in [2.24, 2.45) is 11.8 Å². The minimum Gasteiger partial charge on any atom is -0.348 e. The average molecular weight is 342 g/mol. The van der Waals surface area contributed by atoms with Gasteiger partial charge in [-0.15, -0.1) is 0 Å². The van der Waals surface area contributed by atoms with E-state index in [4.69, 9.17) is 0 Å². The standard InChI is InChI=1S/C15H26N4O3S/c1-10(2)13-8-18(23(5,21)22)9-14(13)17-15(20)12-6-16-19(7-12)11(3)4/h6-7,10-11,13-14H,8-9H2,1-5H3,(H,17,20)/t13-,14+/m1/s1. The largest absolute Gasteiger partial charge is 0.348 e. The molecule has 1 saturated heterocycles. The van der Waals surface area contributed by atoms with Gasteiger partial charge in [0.2, 0.25) is 10.0 Å². The predicted molar refractivity (Wildman–Crippen MR) is 88.6 cm³/mol. The van der Waals surface area contributed by atoms with Crippen LogP contribution in [0.25, 0.3) is 0 Å². The van der Waals surface area contributed by atoms with Crippen molar-refractivity contribution in [3.05, 3.63) is 18.0 Å². The lowest BCUT2D eigenvalue weighted by atomic mass is 9.91. The topological polar surface area (TPSA) is 84.3 Å². The molecule has 1 N–H and O–H groups in total. The summed E-state index contributed by atoms with van der Waals surface area (Å²) in [6, 6.07) is 0.00629. The Morgan fingerprint density at radius 2 is 1.96 bits per heavy atom. The van der Waals surface area contributed by atoms with Gasteiger partial charge in [-0.3, -0.25) is 9.48 Å². The maximum atomic E-state index is 12.4. The van der Waals surface area contributed by atoms with E-state index in [2.05, 4.69) is 10.4 Å². The van der Waals surface area contributed by atoms with E-state index in [1.54, 1.807) is 17.1 Å². The van der Waals surface area contributed by atoms with Crippen molar-refractivity contribution < 1.29 is 13.2 Å². The molecule has 0 aliphatic carbocycles.